The number of nitrogens with zero attached hydrogens (tertiary/aromatic N) is 1. The molecule has 6 nitrogen and oxygen atoms in total. The van der Waals surface area contributed by atoms with Gasteiger partial charge in [-0.3, -0.25) is 9.59 Å². The molecule has 6 heteroatoms. The number of amides is 1. The van der Waals surface area contributed by atoms with Crippen LogP contribution in [0, 0.1) is 5.92 Å². The molecule has 32 heavy (non-hydrogen) atoms. The van der Waals surface area contributed by atoms with Gasteiger partial charge in [0.2, 0.25) is 5.91 Å². The molecule has 1 saturated carbocycles. The van der Waals surface area contributed by atoms with Crippen molar-refractivity contribution in [1.82, 2.24) is 9.88 Å². The van der Waals surface area contributed by atoms with Crippen LogP contribution in [0.1, 0.15) is 43.2 Å². The first-order valence-electron chi connectivity index (χ1n) is 11.2. The van der Waals surface area contributed by atoms with Crippen LogP contribution in [0.15, 0.2) is 53.3 Å². The molecule has 1 aliphatic carbocycles. The van der Waals surface area contributed by atoms with Gasteiger partial charge >= 0.3 is 0 Å². The summed E-state index contributed by atoms with van der Waals surface area (Å²) >= 11 is 0. The van der Waals surface area contributed by atoms with Crippen molar-refractivity contribution in [3.05, 3.63) is 70.0 Å². The van der Waals surface area contributed by atoms with Gasteiger partial charge in [-0.05, 0) is 30.5 Å². The Morgan fingerprint density at radius 3 is 2.34 bits per heavy atom. The molecule has 0 atom stereocenters. The maximum Gasteiger partial charge on any atom is 0.253 e. The van der Waals surface area contributed by atoms with Crippen LogP contribution in [0.25, 0.3) is 10.9 Å². The highest BCUT2D eigenvalue weighted by Crippen LogP contribution is 2.31. The highest BCUT2D eigenvalue weighted by molar-refractivity contribution is 5.83. The van der Waals surface area contributed by atoms with E-state index in [-0.39, 0.29) is 23.9 Å². The molecule has 0 aliphatic heterocycles. The SMILES string of the molecule is COc1cc2cc(CN(Cc3ccccc3)C(=O)C3CCCCC3)c(=O)[nH]c2cc1OC. The van der Waals surface area contributed by atoms with Crippen LogP contribution < -0.4 is 15.0 Å². The quantitative estimate of drug-likeness (QED) is 0.587. The van der Waals surface area contributed by atoms with Gasteiger partial charge in [0, 0.05) is 29.5 Å². The van der Waals surface area contributed by atoms with Crippen molar-refractivity contribution in [2.24, 2.45) is 5.92 Å². The second-order valence-electron chi connectivity index (χ2n) is 8.43. The van der Waals surface area contributed by atoms with Gasteiger partial charge in [-0.15, -0.1) is 0 Å². The van der Waals surface area contributed by atoms with Crippen molar-refractivity contribution < 1.29 is 14.3 Å². The summed E-state index contributed by atoms with van der Waals surface area (Å²) in [5, 5.41) is 0.835. The molecular formula is C26H30N2O4. The van der Waals surface area contributed by atoms with Crippen LogP contribution in [-0.4, -0.2) is 30.0 Å². The lowest BCUT2D eigenvalue weighted by Crippen LogP contribution is -2.37. The summed E-state index contributed by atoms with van der Waals surface area (Å²) in [6.45, 7) is 0.753. The maximum atomic E-state index is 13.4. The monoisotopic (exact) mass is 434 g/mol. The molecule has 1 N–H and O–H groups in total. The number of rotatable bonds is 7. The van der Waals surface area contributed by atoms with Gasteiger partial charge in [-0.2, -0.15) is 0 Å². The number of benzene rings is 2. The molecule has 1 aliphatic rings. The molecule has 0 unspecified atom stereocenters. The van der Waals surface area contributed by atoms with Crippen molar-refractivity contribution in [3.63, 3.8) is 0 Å². The number of hydrogen-bond acceptors (Lipinski definition) is 4. The number of carbonyl (C=O) groups is 1. The summed E-state index contributed by atoms with van der Waals surface area (Å²) in [6.07, 6.45) is 5.23. The van der Waals surface area contributed by atoms with Crippen LogP contribution in [0.2, 0.25) is 0 Å². The van der Waals surface area contributed by atoms with E-state index in [1.807, 2.05) is 47.4 Å². The Morgan fingerprint density at radius 2 is 1.66 bits per heavy atom. The number of aromatic nitrogens is 1. The molecule has 0 radical (unpaired) electrons. The number of nitrogens with one attached hydrogen (secondary N) is 1. The zero-order valence-electron chi connectivity index (χ0n) is 18.7. The molecule has 2 aromatic carbocycles. The Hall–Kier alpha value is -3.28. The first-order valence-corrected chi connectivity index (χ1v) is 11.2. The molecular weight excluding hydrogens is 404 g/mol. The Kier molecular flexibility index (Phi) is 6.78. The fourth-order valence-corrected chi connectivity index (χ4v) is 4.52. The minimum Gasteiger partial charge on any atom is -0.493 e. The second kappa shape index (κ2) is 9.90. The highest BCUT2D eigenvalue weighted by Gasteiger charge is 2.27. The zero-order valence-corrected chi connectivity index (χ0v) is 18.7. The largest absolute Gasteiger partial charge is 0.493 e. The van der Waals surface area contributed by atoms with E-state index in [0.29, 0.717) is 29.1 Å². The number of hydrogen-bond donors (Lipinski definition) is 1. The number of fused-ring (bicyclic) bond motifs is 1. The Balaban J connectivity index is 1.67. The van der Waals surface area contributed by atoms with E-state index in [2.05, 4.69) is 4.98 Å². The van der Waals surface area contributed by atoms with Gasteiger partial charge in [-0.1, -0.05) is 49.6 Å². The molecule has 168 valence electrons. The number of H-pyrrole nitrogens is 1. The lowest BCUT2D eigenvalue weighted by molar-refractivity contribution is -0.137. The zero-order chi connectivity index (χ0) is 22.5. The van der Waals surface area contributed by atoms with Crippen LogP contribution >= 0.6 is 0 Å². The number of ether oxygens (including phenoxy) is 2. The third-order valence-corrected chi connectivity index (χ3v) is 6.27. The van der Waals surface area contributed by atoms with Gasteiger partial charge in [0.15, 0.2) is 11.5 Å². The average molecular weight is 435 g/mol. The van der Waals surface area contributed by atoms with Crippen molar-refractivity contribution in [2.45, 2.75) is 45.2 Å². The third kappa shape index (κ3) is 4.79. The Bertz CT molecular complexity index is 1130. The van der Waals surface area contributed by atoms with Crippen molar-refractivity contribution in [3.8, 4) is 11.5 Å². The van der Waals surface area contributed by atoms with E-state index in [9.17, 15) is 9.59 Å². The molecule has 1 fully saturated rings. The van der Waals surface area contributed by atoms with Gasteiger partial charge in [0.05, 0.1) is 26.3 Å². The predicted molar refractivity (Wildman–Crippen MR) is 125 cm³/mol. The van der Waals surface area contributed by atoms with Crippen LogP contribution in [0.5, 0.6) is 11.5 Å². The van der Waals surface area contributed by atoms with E-state index in [1.165, 1.54) is 6.42 Å². The number of aromatic amines is 1. The van der Waals surface area contributed by atoms with Gasteiger partial charge in [-0.25, -0.2) is 0 Å². The van der Waals surface area contributed by atoms with Crippen molar-refractivity contribution >= 4 is 16.8 Å². The highest BCUT2D eigenvalue weighted by atomic mass is 16.5. The van der Waals surface area contributed by atoms with E-state index in [0.717, 1.165) is 36.6 Å². The van der Waals surface area contributed by atoms with Crippen LogP contribution in [0.4, 0.5) is 0 Å². The minimum atomic E-state index is -0.195. The molecule has 0 spiro atoms. The first-order chi connectivity index (χ1) is 15.6. The van der Waals surface area contributed by atoms with E-state index in [4.69, 9.17) is 9.47 Å². The summed E-state index contributed by atoms with van der Waals surface area (Å²) < 4.78 is 10.8. The molecule has 0 saturated heterocycles. The molecule has 3 aromatic rings. The minimum absolute atomic E-state index is 0.0383. The Morgan fingerprint density at radius 1 is 0.969 bits per heavy atom. The number of carbonyl (C=O) groups excluding carboxylic acids is 1. The fourth-order valence-electron chi connectivity index (χ4n) is 4.52. The van der Waals surface area contributed by atoms with Crippen molar-refractivity contribution in [1.29, 1.82) is 0 Å². The summed E-state index contributed by atoms with van der Waals surface area (Å²) in [5.74, 6) is 1.33. The summed E-state index contributed by atoms with van der Waals surface area (Å²) in [4.78, 5) is 31.1. The summed E-state index contributed by atoms with van der Waals surface area (Å²) in [5.41, 5.74) is 2.09. The molecule has 0 bridgehead atoms. The lowest BCUT2D eigenvalue weighted by atomic mass is 9.88. The summed E-state index contributed by atoms with van der Waals surface area (Å²) in [6, 6.07) is 15.4. The van der Waals surface area contributed by atoms with E-state index in [1.54, 1.807) is 20.3 Å². The van der Waals surface area contributed by atoms with Gasteiger partial charge < -0.3 is 19.4 Å². The second-order valence-corrected chi connectivity index (χ2v) is 8.43. The third-order valence-electron chi connectivity index (χ3n) is 6.27. The molecule has 1 amide bonds. The molecule has 4 rings (SSSR count). The number of pyridine rings is 1. The predicted octanol–water partition coefficient (Wildman–Crippen LogP) is 4.65. The smallest absolute Gasteiger partial charge is 0.253 e. The molecule has 1 heterocycles. The van der Waals surface area contributed by atoms with E-state index >= 15 is 0 Å². The van der Waals surface area contributed by atoms with Crippen LogP contribution in [-0.2, 0) is 17.9 Å². The Labute approximate surface area is 188 Å². The first kappa shape index (κ1) is 21.9. The summed E-state index contributed by atoms with van der Waals surface area (Å²) in [7, 11) is 3.15. The number of methoxy groups -OCH3 is 2. The van der Waals surface area contributed by atoms with Crippen LogP contribution in [0.3, 0.4) is 0 Å². The standard InChI is InChI=1S/C26H30N2O4/c1-31-23-14-20-13-21(25(29)27-22(20)15-24(23)32-2)17-28(16-18-9-5-3-6-10-18)26(30)19-11-7-4-8-12-19/h3,5-6,9-10,13-15,19H,4,7-8,11-12,16-17H2,1-2H3,(H,27,29). The van der Waals surface area contributed by atoms with E-state index < -0.39 is 0 Å². The fraction of sp³-hybridized carbons (Fsp3) is 0.385. The van der Waals surface area contributed by atoms with Gasteiger partial charge in [0.25, 0.3) is 5.56 Å². The maximum absolute atomic E-state index is 13.4. The normalized spacial score (nSPS) is 14.3. The molecule has 1 aromatic heterocycles. The average Bonchev–Trinajstić information content (AvgIpc) is 2.84. The van der Waals surface area contributed by atoms with Crippen molar-refractivity contribution in [2.75, 3.05) is 14.2 Å². The lowest BCUT2D eigenvalue weighted by Gasteiger charge is -2.29. The van der Waals surface area contributed by atoms with Gasteiger partial charge in [0.1, 0.15) is 0 Å². The topological polar surface area (TPSA) is 71.6 Å².